The third-order valence-electron chi connectivity index (χ3n) is 4.45. The Hall–Kier alpha value is -0.220. The number of halogens is 2. The first-order chi connectivity index (χ1) is 8.16. The molecule has 2 N–H and O–H groups in total. The molecule has 2 aliphatic rings. The molecule has 2 aliphatic carbocycles. The van der Waals surface area contributed by atoms with E-state index in [-0.39, 0.29) is 6.54 Å². The maximum Gasteiger partial charge on any atom is 0.265 e. The van der Waals surface area contributed by atoms with Gasteiger partial charge in [-0.05, 0) is 31.1 Å². The standard InChI is InChI=1S/C13H23F2NO/c14-13(15)12(17)8-16-11-6-5-9-3-1-2-4-10(9)7-11/h9-13,16-17H,1-8H2. The van der Waals surface area contributed by atoms with Gasteiger partial charge in [-0.1, -0.05) is 25.7 Å². The second-order valence-electron chi connectivity index (χ2n) is 5.62. The Bertz CT molecular complexity index is 237. The van der Waals surface area contributed by atoms with Gasteiger partial charge in [-0.3, -0.25) is 0 Å². The quantitative estimate of drug-likeness (QED) is 0.800. The molecule has 0 radical (unpaired) electrons. The highest BCUT2D eigenvalue weighted by atomic mass is 19.3. The fourth-order valence-electron chi connectivity index (χ4n) is 3.44. The van der Waals surface area contributed by atoms with Gasteiger partial charge in [0.25, 0.3) is 6.43 Å². The number of aliphatic hydroxyl groups excluding tert-OH is 1. The second kappa shape index (κ2) is 6.10. The average molecular weight is 247 g/mol. The van der Waals surface area contributed by atoms with E-state index < -0.39 is 12.5 Å². The van der Waals surface area contributed by atoms with E-state index in [1.54, 1.807) is 0 Å². The summed E-state index contributed by atoms with van der Waals surface area (Å²) in [6.07, 6.45) is 4.63. The third-order valence-corrected chi connectivity index (χ3v) is 4.45. The van der Waals surface area contributed by atoms with Crippen LogP contribution in [0.25, 0.3) is 0 Å². The van der Waals surface area contributed by atoms with Crippen molar-refractivity contribution in [3.05, 3.63) is 0 Å². The van der Waals surface area contributed by atoms with Crippen molar-refractivity contribution < 1.29 is 13.9 Å². The molecule has 2 nitrogen and oxygen atoms in total. The van der Waals surface area contributed by atoms with Gasteiger partial charge in [-0.15, -0.1) is 0 Å². The van der Waals surface area contributed by atoms with Crippen molar-refractivity contribution in [2.45, 2.75) is 63.5 Å². The predicted molar refractivity (Wildman–Crippen MR) is 63.1 cm³/mol. The van der Waals surface area contributed by atoms with Gasteiger partial charge in [0.05, 0.1) is 0 Å². The Morgan fingerprint density at radius 3 is 2.47 bits per heavy atom. The molecule has 0 spiro atoms. The van der Waals surface area contributed by atoms with E-state index >= 15 is 0 Å². The average Bonchev–Trinajstić information content (AvgIpc) is 2.35. The first kappa shape index (κ1) is 13.2. The van der Waals surface area contributed by atoms with Gasteiger partial charge in [0.2, 0.25) is 0 Å². The first-order valence-electron chi connectivity index (χ1n) is 6.86. The molecule has 4 atom stereocenters. The van der Waals surface area contributed by atoms with E-state index in [2.05, 4.69) is 5.32 Å². The van der Waals surface area contributed by atoms with Crippen LogP contribution in [0.5, 0.6) is 0 Å². The number of hydrogen-bond donors (Lipinski definition) is 2. The van der Waals surface area contributed by atoms with Gasteiger partial charge in [-0.25, -0.2) is 8.78 Å². The Morgan fingerprint density at radius 2 is 1.76 bits per heavy atom. The van der Waals surface area contributed by atoms with E-state index in [4.69, 9.17) is 5.11 Å². The first-order valence-corrected chi connectivity index (χ1v) is 6.86. The fourth-order valence-corrected chi connectivity index (χ4v) is 3.44. The van der Waals surface area contributed by atoms with Crippen molar-refractivity contribution in [2.24, 2.45) is 11.8 Å². The van der Waals surface area contributed by atoms with Crippen LogP contribution in [-0.4, -0.2) is 30.2 Å². The summed E-state index contributed by atoms with van der Waals surface area (Å²) in [5, 5.41) is 12.2. The molecule has 0 aliphatic heterocycles. The van der Waals surface area contributed by atoms with E-state index in [1.165, 1.54) is 32.1 Å². The molecule has 0 aromatic rings. The summed E-state index contributed by atoms with van der Waals surface area (Å²) < 4.78 is 24.3. The highest BCUT2D eigenvalue weighted by molar-refractivity contribution is 4.86. The number of rotatable bonds is 4. The zero-order chi connectivity index (χ0) is 12.3. The van der Waals surface area contributed by atoms with Gasteiger partial charge < -0.3 is 10.4 Å². The van der Waals surface area contributed by atoms with Crippen molar-refractivity contribution in [2.75, 3.05) is 6.54 Å². The Balaban J connectivity index is 1.72. The lowest BCUT2D eigenvalue weighted by atomic mass is 9.69. The SMILES string of the molecule is OC(CNC1CCC2CCCCC2C1)C(F)F. The molecule has 0 amide bonds. The van der Waals surface area contributed by atoms with Crippen LogP contribution in [0.15, 0.2) is 0 Å². The smallest absolute Gasteiger partial charge is 0.265 e. The van der Waals surface area contributed by atoms with Crippen LogP contribution in [-0.2, 0) is 0 Å². The number of alkyl halides is 2. The maximum atomic E-state index is 12.2. The molecule has 0 bridgehead atoms. The van der Waals surface area contributed by atoms with Gasteiger partial charge in [0.1, 0.15) is 6.10 Å². The lowest BCUT2D eigenvalue weighted by Gasteiger charge is -2.39. The van der Waals surface area contributed by atoms with Gasteiger partial charge in [-0.2, -0.15) is 0 Å². The monoisotopic (exact) mass is 247 g/mol. The van der Waals surface area contributed by atoms with Crippen LogP contribution in [0.3, 0.4) is 0 Å². The zero-order valence-electron chi connectivity index (χ0n) is 10.2. The lowest BCUT2D eigenvalue weighted by Crippen LogP contribution is -2.43. The number of nitrogens with one attached hydrogen (secondary N) is 1. The van der Waals surface area contributed by atoms with Crippen LogP contribution in [0.1, 0.15) is 44.9 Å². The normalized spacial score (nSPS) is 35.6. The van der Waals surface area contributed by atoms with Crippen molar-refractivity contribution in [1.29, 1.82) is 0 Å². The molecule has 0 saturated heterocycles. The topological polar surface area (TPSA) is 32.3 Å². The third kappa shape index (κ3) is 3.62. The van der Waals surface area contributed by atoms with Crippen molar-refractivity contribution in [3.63, 3.8) is 0 Å². The highest BCUT2D eigenvalue weighted by Gasteiger charge is 2.32. The molecular weight excluding hydrogens is 224 g/mol. The second-order valence-corrected chi connectivity index (χ2v) is 5.62. The summed E-state index contributed by atoms with van der Waals surface area (Å²) in [4.78, 5) is 0. The summed E-state index contributed by atoms with van der Waals surface area (Å²) in [7, 11) is 0. The van der Waals surface area contributed by atoms with Crippen molar-refractivity contribution in [3.8, 4) is 0 Å². The molecule has 0 aromatic heterocycles. The van der Waals surface area contributed by atoms with Crippen LogP contribution < -0.4 is 5.32 Å². The molecule has 4 unspecified atom stereocenters. The predicted octanol–water partition coefficient (Wildman–Crippen LogP) is 2.56. The molecule has 100 valence electrons. The number of aliphatic hydroxyl groups is 1. The summed E-state index contributed by atoms with van der Waals surface area (Å²) in [5.74, 6) is 1.67. The fraction of sp³-hybridized carbons (Fsp3) is 1.00. The molecule has 2 rings (SSSR count). The summed E-state index contributed by atoms with van der Waals surface area (Å²) in [6, 6.07) is 0.336. The van der Waals surface area contributed by atoms with Crippen LogP contribution in [0, 0.1) is 11.8 Å². The minimum absolute atomic E-state index is 0.0275. The van der Waals surface area contributed by atoms with Crippen molar-refractivity contribution in [1.82, 2.24) is 5.32 Å². The van der Waals surface area contributed by atoms with Crippen LogP contribution in [0.2, 0.25) is 0 Å². The van der Waals surface area contributed by atoms with E-state index in [0.29, 0.717) is 6.04 Å². The van der Waals surface area contributed by atoms with Gasteiger partial charge in [0, 0.05) is 12.6 Å². The Labute approximate surface area is 102 Å². The number of fused-ring (bicyclic) bond motifs is 1. The molecule has 0 heterocycles. The molecule has 2 saturated carbocycles. The van der Waals surface area contributed by atoms with E-state index in [0.717, 1.165) is 24.7 Å². The van der Waals surface area contributed by atoms with E-state index in [9.17, 15) is 8.78 Å². The summed E-state index contributed by atoms with van der Waals surface area (Å²) >= 11 is 0. The lowest BCUT2D eigenvalue weighted by molar-refractivity contribution is -0.00648. The van der Waals surface area contributed by atoms with Crippen LogP contribution >= 0.6 is 0 Å². The Kier molecular flexibility index (Phi) is 4.74. The largest absolute Gasteiger partial charge is 0.386 e. The van der Waals surface area contributed by atoms with Gasteiger partial charge >= 0.3 is 0 Å². The van der Waals surface area contributed by atoms with Gasteiger partial charge in [0.15, 0.2) is 0 Å². The van der Waals surface area contributed by atoms with Crippen molar-refractivity contribution >= 4 is 0 Å². The molecule has 4 heteroatoms. The highest BCUT2D eigenvalue weighted by Crippen LogP contribution is 2.40. The number of hydrogen-bond acceptors (Lipinski definition) is 2. The molecular formula is C13H23F2NO. The minimum Gasteiger partial charge on any atom is -0.386 e. The van der Waals surface area contributed by atoms with E-state index in [1.807, 2.05) is 0 Å². The Morgan fingerprint density at radius 1 is 1.06 bits per heavy atom. The summed E-state index contributed by atoms with van der Waals surface area (Å²) in [5.41, 5.74) is 0. The molecule has 2 fully saturated rings. The minimum atomic E-state index is -2.63. The molecule has 17 heavy (non-hydrogen) atoms. The molecule has 0 aromatic carbocycles. The zero-order valence-corrected chi connectivity index (χ0v) is 10.2. The maximum absolute atomic E-state index is 12.2. The van der Waals surface area contributed by atoms with Crippen LogP contribution in [0.4, 0.5) is 8.78 Å². The summed E-state index contributed by atoms with van der Waals surface area (Å²) in [6.45, 7) is 0.0275.